The van der Waals surface area contributed by atoms with Crippen molar-refractivity contribution in [2.45, 2.75) is 0 Å². The van der Waals surface area contributed by atoms with E-state index in [-0.39, 0.29) is 24.5 Å². The molecule has 0 aromatic carbocycles. The van der Waals surface area contributed by atoms with Gasteiger partial charge < -0.3 is 12.4 Å². The first-order chi connectivity index (χ1) is 3.00. The molecule has 0 amide bonds. The normalized spacial score (nSPS) is 6.00. The molecule has 0 saturated heterocycles. The largest absolute Gasteiger partial charge is 2.00 e. The van der Waals surface area contributed by atoms with Gasteiger partial charge in [-0.2, -0.15) is 18.2 Å². The summed E-state index contributed by atoms with van der Waals surface area (Å²) in [6.45, 7) is 0. The molecule has 0 unspecified atom stereocenters. The molecular formula is C6H7CuN. The van der Waals surface area contributed by atoms with E-state index in [2.05, 4.69) is 11.2 Å². The van der Waals surface area contributed by atoms with Crippen molar-refractivity contribution in [1.29, 1.82) is 0 Å². The average molecular weight is 157 g/mol. The zero-order chi connectivity index (χ0) is 4.24. The Morgan fingerprint density at radius 1 is 1.25 bits per heavy atom. The average Bonchev–Trinajstić information content (AvgIpc) is 1.72. The molecule has 1 aromatic heterocycles. The van der Waals surface area contributed by atoms with E-state index in [0.29, 0.717) is 0 Å². The Morgan fingerprint density at radius 2 is 2.00 bits per heavy atom. The fraction of sp³-hybridized carbons (Fsp3) is 0. The molecule has 1 aromatic rings. The van der Waals surface area contributed by atoms with Crippen molar-refractivity contribution in [1.82, 2.24) is 4.98 Å². The van der Waals surface area contributed by atoms with Crippen molar-refractivity contribution in [3.63, 3.8) is 0 Å². The maximum absolute atomic E-state index is 3.66. The molecule has 0 fully saturated rings. The standard InChI is InChI=1S/C5H4N.CH3.Cu/c1-2-4-6-5-3-1;;/h1-4H;1H3;/q2*-1;+2. The number of hydrogen-bond donors (Lipinski definition) is 0. The number of rotatable bonds is 0. The first-order valence-corrected chi connectivity index (χ1v) is 1.77. The van der Waals surface area contributed by atoms with Crippen LogP contribution in [0.3, 0.4) is 0 Å². The van der Waals surface area contributed by atoms with Gasteiger partial charge in [-0.1, -0.05) is 12.4 Å². The molecule has 0 atom stereocenters. The molecule has 2 heteroatoms. The molecule has 47 valence electrons. The molecule has 1 rings (SSSR count). The van der Waals surface area contributed by atoms with Gasteiger partial charge >= 0.3 is 17.1 Å². The molecule has 0 spiro atoms. The van der Waals surface area contributed by atoms with Crippen LogP contribution < -0.4 is 0 Å². The second-order valence-corrected chi connectivity index (χ2v) is 0.959. The Balaban J connectivity index is 0. The summed E-state index contributed by atoms with van der Waals surface area (Å²) in [4.78, 5) is 3.66. The maximum atomic E-state index is 3.66. The van der Waals surface area contributed by atoms with Crippen molar-refractivity contribution < 1.29 is 17.1 Å². The van der Waals surface area contributed by atoms with Gasteiger partial charge in [0.25, 0.3) is 0 Å². The number of aromatic nitrogens is 1. The topological polar surface area (TPSA) is 12.9 Å². The van der Waals surface area contributed by atoms with E-state index in [9.17, 15) is 0 Å². The molecule has 0 saturated carbocycles. The predicted octanol–water partition coefficient (Wildman–Crippen LogP) is 1.33. The Bertz CT molecular complexity index is 80.5. The van der Waals surface area contributed by atoms with E-state index in [0.717, 1.165) is 0 Å². The van der Waals surface area contributed by atoms with Crippen molar-refractivity contribution >= 4 is 0 Å². The summed E-state index contributed by atoms with van der Waals surface area (Å²) in [5.41, 5.74) is 0. The quantitative estimate of drug-likeness (QED) is 0.408. The molecule has 0 aliphatic carbocycles. The van der Waals surface area contributed by atoms with Gasteiger partial charge in [0.15, 0.2) is 0 Å². The zero-order valence-electron chi connectivity index (χ0n) is 4.56. The SMILES string of the molecule is [CH3-].[Cu+2].[c-]1ccccn1. The van der Waals surface area contributed by atoms with E-state index in [4.69, 9.17) is 0 Å². The first-order valence-electron chi connectivity index (χ1n) is 1.77. The summed E-state index contributed by atoms with van der Waals surface area (Å²) in [6.07, 6.45) is 4.34. The third kappa shape index (κ3) is 3.85. The van der Waals surface area contributed by atoms with Crippen LogP contribution in [0.15, 0.2) is 24.4 Å². The van der Waals surface area contributed by atoms with Gasteiger partial charge in [0.2, 0.25) is 0 Å². The van der Waals surface area contributed by atoms with Gasteiger partial charge in [-0.05, 0) is 0 Å². The van der Waals surface area contributed by atoms with Gasteiger partial charge in [-0.3, -0.25) is 0 Å². The second kappa shape index (κ2) is 6.67. The van der Waals surface area contributed by atoms with E-state index >= 15 is 0 Å². The van der Waals surface area contributed by atoms with Crippen molar-refractivity contribution in [2.24, 2.45) is 0 Å². The Labute approximate surface area is 60.6 Å². The molecule has 1 nitrogen and oxygen atoms in total. The minimum atomic E-state index is 0. The van der Waals surface area contributed by atoms with E-state index in [1.165, 1.54) is 0 Å². The van der Waals surface area contributed by atoms with Gasteiger partial charge in [-0.15, -0.1) is 0 Å². The molecule has 0 bridgehead atoms. The molecule has 0 aliphatic rings. The number of nitrogens with zero attached hydrogens (tertiary/aromatic N) is 1. The van der Waals surface area contributed by atoms with E-state index in [1.54, 1.807) is 12.3 Å². The van der Waals surface area contributed by atoms with Crippen molar-refractivity contribution in [3.8, 4) is 0 Å². The summed E-state index contributed by atoms with van der Waals surface area (Å²) in [6, 6.07) is 5.50. The predicted molar refractivity (Wildman–Crippen MR) is 29.5 cm³/mol. The fourth-order valence-electron chi connectivity index (χ4n) is 0.277. The minimum absolute atomic E-state index is 0. The second-order valence-electron chi connectivity index (χ2n) is 0.959. The Hall–Kier alpha value is -0.331. The van der Waals surface area contributed by atoms with Crippen LogP contribution in [0.25, 0.3) is 0 Å². The Morgan fingerprint density at radius 3 is 2.12 bits per heavy atom. The molecule has 1 heterocycles. The first kappa shape index (κ1) is 10.6. The Kier molecular flexibility index (Phi) is 8.85. The summed E-state index contributed by atoms with van der Waals surface area (Å²) >= 11 is 0. The van der Waals surface area contributed by atoms with Crippen molar-refractivity contribution in [3.05, 3.63) is 38.0 Å². The van der Waals surface area contributed by atoms with E-state index in [1.807, 2.05) is 12.1 Å². The van der Waals surface area contributed by atoms with Crippen molar-refractivity contribution in [2.75, 3.05) is 0 Å². The summed E-state index contributed by atoms with van der Waals surface area (Å²) in [7, 11) is 0. The maximum Gasteiger partial charge on any atom is 2.00 e. The van der Waals surface area contributed by atoms with Crippen LogP contribution in [-0.4, -0.2) is 4.98 Å². The van der Waals surface area contributed by atoms with Gasteiger partial charge in [0, 0.05) is 0 Å². The van der Waals surface area contributed by atoms with Crippen LogP contribution in [0.4, 0.5) is 0 Å². The van der Waals surface area contributed by atoms with Crippen LogP contribution in [0, 0.1) is 13.6 Å². The van der Waals surface area contributed by atoms with Crippen LogP contribution in [-0.2, 0) is 17.1 Å². The van der Waals surface area contributed by atoms with Crippen LogP contribution >= 0.6 is 0 Å². The van der Waals surface area contributed by atoms with Crippen LogP contribution in [0.2, 0.25) is 0 Å². The molecule has 8 heavy (non-hydrogen) atoms. The zero-order valence-corrected chi connectivity index (χ0v) is 5.50. The third-order valence-corrected chi connectivity index (χ3v) is 0.517. The smallest absolute Gasteiger partial charge is 0.394 e. The molecule has 0 N–H and O–H groups in total. The number of hydrogen-bond acceptors (Lipinski definition) is 1. The fourth-order valence-corrected chi connectivity index (χ4v) is 0.277. The van der Waals surface area contributed by atoms with Gasteiger partial charge in [-0.25, -0.2) is 0 Å². The van der Waals surface area contributed by atoms with Crippen LogP contribution in [0.5, 0.6) is 0 Å². The molecule has 0 aliphatic heterocycles. The number of pyridine rings is 1. The minimum Gasteiger partial charge on any atom is -0.394 e. The summed E-state index contributed by atoms with van der Waals surface area (Å²) in [5, 5.41) is 0. The summed E-state index contributed by atoms with van der Waals surface area (Å²) in [5.74, 6) is 0. The molecule has 1 radical (unpaired) electrons. The van der Waals surface area contributed by atoms with Gasteiger partial charge in [0.1, 0.15) is 0 Å². The van der Waals surface area contributed by atoms with Gasteiger partial charge in [0.05, 0.1) is 0 Å². The third-order valence-electron chi connectivity index (χ3n) is 0.517. The molecular weight excluding hydrogens is 150 g/mol. The monoisotopic (exact) mass is 156 g/mol. The van der Waals surface area contributed by atoms with E-state index < -0.39 is 0 Å². The summed E-state index contributed by atoms with van der Waals surface area (Å²) < 4.78 is 0. The van der Waals surface area contributed by atoms with Crippen LogP contribution in [0.1, 0.15) is 0 Å².